The molecule has 2 aliphatic rings. The summed E-state index contributed by atoms with van der Waals surface area (Å²) in [6, 6.07) is 21.3. The van der Waals surface area contributed by atoms with Crippen LogP contribution >= 0.6 is 0 Å². The van der Waals surface area contributed by atoms with Crippen LogP contribution in [0.3, 0.4) is 0 Å². The molecule has 4 rings (SSSR count). The van der Waals surface area contributed by atoms with Crippen molar-refractivity contribution in [1.82, 2.24) is 0 Å². The largest absolute Gasteiger partial charge is 0.405 e. The highest BCUT2D eigenvalue weighted by atomic mass is 28.4. The fourth-order valence-electron chi connectivity index (χ4n) is 5.03. The maximum atomic E-state index is 10.8. The van der Waals surface area contributed by atoms with Crippen LogP contribution in [-0.4, -0.2) is 37.3 Å². The first-order chi connectivity index (χ1) is 15.2. The Morgan fingerprint density at radius 2 is 1.47 bits per heavy atom. The molecule has 2 aromatic carbocycles. The Labute approximate surface area is 194 Å². The molecular formula is C28H36O3Si. The fraction of sp³-hybridized carbons (Fsp3) is 0.500. The van der Waals surface area contributed by atoms with Gasteiger partial charge in [-0.05, 0) is 48.0 Å². The van der Waals surface area contributed by atoms with Gasteiger partial charge in [0, 0.05) is 0 Å². The minimum Gasteiger partial charge on any atom is -0.405 e. The quantitative estimate of drug-likeness (QED) is 0.418. The molecule has 2 aromatic rings. The zero-order valence-corrected chi connectivity index (χ0v) is 20.9. The number of ether oxygens (including phenoxy) is 1. The van der Waals surface area contributed by atoms with E-state index in [9.17, 15) is 5.11 Å². The predicted molar refractivity (Wildman–Crippen MR) is 133 cm³/mol. The van der Waals surface area contributed by atoms with Crippen LogP contribution in [0.15, 0.2) is 60.7 Å². The second kappa shape index (κ2) is 8.80. The molecule has 1 aliphatic carbocycles. The maximum Gasteiger partial charge on any atom is 0.261 e. The van der Waals surface area contributed by atoms with Gasteiger partial charge in [-0.15, -0.1) is 0 Å². The van der Waals surface area contributed by atoms with Crippen molar-refractivity contribution in [2.45, 2.75) is 82.1 Å². The molecule has 0 radical (unpaired) electrons. The van der Waals surface area contributed by atoms with E-state index in [4.69, 9.17) is 9.16 Å². The fourth-order valence-corrected chi connectivity index (χ4v) is 9.59. The molecule has 0 bridgehead atoms. The molecule has 0 unspecified atom stereocenters. The van der Waals surface area contributed by atoms with Crippen LogP contribution in [0.5, 0.6) is 0 Å². The number of hydrogen-bond donors (Lipinski definition) is 1. The molecule has 1 heterocycles. The molecular weight excluding hydrogens is 412 g/mol. The summed E-state index contributed by atoms with van der Waals surface area (Å²) in [5, 5.41) is 13.2. The molecule has 1 saturated carbocycles. The monoisotopic (exact) mass is 448 g/mol. The Kier molecular flexibility index (Phi) is 6.40. The van der Waals surface area contributed by atoms with Gasteiger partial charge in [0.2, 0.25) is 0 Å². The van der Waals surface area contributed by atoms with E-state index in [-0.39, 0.29) is 11.1 Å². The lowest BCUT2D eigenvalue weighted by Crippen LogP contribution is -2.67. The Bertz CT molecular complexity index is 925. The first kappa shape index (κ1) is 23.3. The van der Waals surface area contributed by atoms with Gasteiger partial charge >= 0.3 is 0 Å². The summed E-state index contributed by atoms with van der Waals surface area (Å²) in [4.78, 5) is 0. The highest BCUT2D eigenvalue weighted by Gasteiger charge is 2.56. The summed E-state index contributed by atoms with van der Waals surface area (Å²) in [6.07, 6.45) is 4.72. The third kappa shape index (κ3) is 4.58. The third-order valence-electron chi connectivity index (χ3n) is 7.04. The molecule has 170 valence electrons. The predicted octanol–water partition coefficient (Wildman–Crippen LogP) is 4.42. The molecule has 0 aromatic heterocycles. The van der Waals surface area contributed by atoms with Crippen LogP contribution in [0.4, 0.5) is 0 Å². The third-order valence-corrected chi connectivity index (χ3v) is 12.0. The van der Waals surface area contributed by atoms with Gasteiger partial charge in [0.15, 0.2) is 5.60 Å². The van der Waals surface area contributed by atoms with E-state index in [2.05, 4.69) is 93.3 Å². The first-order valence-corrected chi connectivity index (χ1v) is 13.8. The van der Waals surface area contributed by atoms with E-state index in [0.717, 1.165) is 25.7 Å². The molecule has 0 amide bonds. The van der Waals surface area contributed by atoms with E-state index in [0.29, 0.717) is 6.61 Å². The Hall–Kier alpha value is -1.90. The van der Waals surface area contributed by atoms with E-state index in [1.54, 1.807) is 0 Å². The van der Waals surface area contributed by atoms with Crippen LogP contribution in [0.25, 0.3) is 0 Å². The van der Waals surface area contributed by atoms with Crippen LogP contribution in [0, 0.1) is 11.8 Å². The van der Waals surface area contributed by atoms with Crippen LogP contribution < -0.4 is 10.4 Å². The normalized spacial score (nSPS) is 25.0. The van der Waals surface area contributed by atoms with Crippen LogP contribution in [0.1, 0.15) is 59.8 Å². The summed E-state index contributed by atoms with van der Waals surface area (Å²) in [6.45, 7) is 9.36. The van der Waals surface area contributed by atoms with E-state index in [1.165, 1.54) is 16.8 Å². The minimum atomic E-state index is -2.58. The molecule has 4 heteroatoms. The van der Waals surface area contributed by atoms with Gasteiger partial charge in [-0.1, -0.05) is 99.7 Å². The van der Waals surface area contributed by atoms with Crippen molar-refractivity contribution in [1.29, 1.82) is 0 Å². The van der Waals surface area contributed by atoms with Gasteiger partial charge in [-0.25, -0.2) is 0 Å². The van der Waals surface area contributed by atoms with Crippen molar-refractivity contribution in [3.05, 3.63) is 60.7 Å². The minimum absolute atomic E-state index is 0.0655. The van der Waals surface area contributed by atoms with E-state index < -0.39 is 19.5 Å². The summed E-state index contributed by atoms with van der Waals surface area (Å²) in [5.74, 6) is 6.42. The number of aliphatic hydroxyl groups is 1. The van der Waals surface area contributed by atoms with Crippen molar-refractivity contribution in [3.8, 4) is 11.8 Å². The molecule has 1 saturated heterocycles. The van der Waals surface area contributed by atoms with E-state index >= 15 is 0 Å². The second-order valence-electron chi connectivity index (χ2n) is 10.5. The molecule has 1 aliphatic heterocycles. The molecule has 3 nitrogen and oxygen atoms in total. The van der Waals surface area contributed by atoms with Gasteiger partial charge in [-0.3, -0.25) is 0 Å². The number of rotatable bonds is 5. The lowest BCUT2D eigenvalue weighted by Gasteiger charge is -2.43. The second-order valence-corrected chi connectivity index (χ2v) is 14.8. The number of benzene rings is 2. The highest BCUT2D eigenvalue weighted by molar-refractivity contribution is 6.99. The Balaban J connectivity index is 1.59. The summed E-state index contributed by atoms with van der Waals surface area (Å²) < 4.78 is 13.0. The Morgan fingerprint density at radius 3 is 1.97 bits per heavy atom. The van der Waals surface area contributed by atoms with Crippen molar-refractivity contribution in [3.63, 3.8) is 0 Å². The average molecular weight is 449 g/mol. The van der Waals surface area contributed by atoms with Crippen molar-refractivity contribution in [2.75, 3.05) is 6.61 Å². The van der Waals surface area contributed by atoms with Crippen molar-refractivity contribution >= 4 is 18.7 Å². The van der Waals surface area contributed by atoms with Gasteiger partial charge in [0.1, 0.15) is 11.7 Å². The van der Waals surface area contributed by atoms with E-state index in [1.807, 2.05) is 6.92 Å². The van der Waals surface area contributed by atoms with Gasteiger partial charge in [0.05, 0.1) is 6.61 Å². The van der Waals surface area contributed by atoms with Crippen molar-refractivity contribution < 1.29 is 14.3 Å². The summed E-state index contributed by atoms with van der Waals surface area (Å²) in [5.41, 5.74) is -1.39. The lowest BCUT2D eigenvalue weighted by atomic mass is 9.85. The zero-order valence-electron chi connectivity index (χ0n) is 19.9. The first-order valence-electron chi connectivity index (χ1n) is 11.9. The lowest BCUT2D eigenvalue weighted by molar-refractivity contribution is 0.0607. The molecule has 0 spiro atoms. The van der Waals surface area contributed by atoms with Gasteiger partial charge in [0.25, 0.3) is 8.32 Å². The molecule has 1 N–H and O–H groups in total. The average Bonchev–Trinajstić information content (AvgIpc) is 3.44. The van der Waals surface area contributed by atoms with Crippen LogP contribution in [0.2, 0.25) is 5.04 Å². The van der Waals surface area contributed by atoms with Crippen LogP contribution in [-0.2, 0) is 9.16 Å². The van der Waals surface area contributed by atoms with Gasteiger partial charge in [-0.2, -0.15) is 0 Å². The topological polar surface area (TPSA) is 42.0 Å². The molecule has 2 fully saturated rings. The van der Waals surface area contributed by atoms with Crippen molar-refractivity contribution in [2.24, 2.45) is 0 Å². The highest BCUT2D eigenvalue weighted by Crippen LogP contribution is 2.41. The number of hydrogen-bond acceptors (Lipinski definition) is 3. The standard InChI is InChI=1S/C28H36O3Si/c1-26(2,3)32(23-14-8-5-9-15-23,24-16-10-6-11-17-24)30-22-25-27(4,31-25)20-21-28(29)18-12-7-13-19-28/h5-6,8-11,14-17,25,29H,7,12-13,18-19,22H2,1-4H3/t25-,27-/m0/s1. The summed E-state index contributed by atoms with van der Waals surface area (Å²) >= 11 is 0. The molecule has 32 heavy (non-hydrogen) atoms. The maximum absolute atomic E-state index is 10.8. The zero-order chi connectivity index (χ0) is 22.9. The van der Waals surface area contributed by atoms with Gasteiger partial charge < -0.3 is 14.3 Å². The number of epoxide rings is 1. The molecule has 2 atom stereocenters. The Morgan fingerprint density at radius 1 is 0.938 bits per heavy atom. The SMILES string of the molecule is CC(C)(C)[Si](OC[C@@H]1O[C@@]1(C)C#CC1(O)CCCCC1)(c1ccccc1)c1ccccc1. The summed E-state index contributed by atoms with van der Waals surface area (Å²) in [7, 11) is -2.58. The smallest absolute Gasteiger partial charge is 0.261 e.